The monoisotopic (exact) mass is 181 g/mol. The Labute approximate surface area is 77.3 Å². The minimum absolute atomic E-state index is 0.331. The van der Waals surface area contributed by atoms with Gasteiger partial charge in [0, 0.05) is 43.6 Å². The minimum Gasteiger partial charge on any atom is -0.377 e. The number of carbonyl (C=O) groups is 1. The lowest BCUT2D eigenvalue weighted by molar-refractivity contribution is -0.869. The van der Waals surface area contributed by atoms with Crippen LogP contribution in [0.15, 0.2) is 24.5 Å². The lowest BCUT2D eigenvalue weighted by atomic mass is 10.4. The van der Waals surface area contributed by atoms with Gasteiger partial charge < -0.3 is 4.90 Å². The number of nitrogens with zero attached hydrogens (tertiary/aromatic N) is 2. The largest absolute Gasteiger partial charge is 0.377 e. The van der Waals surface area contributed by atoms with E-state index in [1.807, 2.05) is 31.1 Å². The van der Waals surface area contributed by atoms with Crippen LogP contribution in [0.5, 0.6) is 0 Å². The van der Waals surface area contributed by atoms with Gasteiger partial charge in [-0.1, -0.05) is 0 Å². The fourth-order valence-electron chi connectivity index (χ4n) is 0.912. The zero-order chi connectivity index (χ0) is 9.84. The third kappa shape index (κ3) is 2.74. The van der Waals surface area contributed by atoms with Crippen LogP contribution in [-0.2, 0) is 4.79 Å². The standard InChI is InChI=1S/C9H13N2O2/c1-8(12)13-11-6-4-9(5-7-11)10(2)3/h4-7H,1-3H3/q+1. The van der Waals surface area contributed by atoms with Crippen LogP contribution in [0.2, 0.25) is 0 Å². The number of aromatic nitrogens is 1. The predicted molar refractivity (Wildman–Crippen MR) is 48.2 cm³/mol. The van der Waals surface area contributed by atoms with Crippen LogP contribution in [-0.4, -0.2) is 20.1 Å². The lowest BCUT2D eigenvalue weighted by Gasteiger charge is -2.09. The van der Waals surface area contributed by atoms with Crippen molar-refractivity contribution in [3.63, 3.8) is 0 Å². The summed E-state index contributed by atoms with van der Waals surface area (Å²) in [5.41, 5.74) is 1.06. The molecule has 1 aromatic rings. The smallest absolute Gasteiger partial charge is 0.377 e. The highest BCUT2D eigenvalue weighted by Crippen LogP contribution is 2.05. The van der Waals surface area contributed by atoms with E-state index in [1.54, 1.807) is 12.4 Å². The molecule has 0 bridgehead atoms. The fourth-order valence-corrected chi connectivity index (χ4v) is 0.912. The lowest BCUT2D eigenvalue weighted by Crippen LogP contribution is -2.44. The van der Waals surface area contributed by atoms with Crippen LogP contribution < -0.4 is 14.5 Å². The molecule has 70 valence electrons. The molecule has 0 aliphatic heterocycles. The number of anilines is 1. The molecule has 0 fully saturated rings. The molecule has 0 radical (unpaired) electrons. The molecular weight excluding hydrogens is 168 g/mol. The van der Waals surface area contributed by atoms with E-state index in [4.69, 9.17) is 4.84 Å². The van der Waals surface area contributed by atoms with Crippen molar-refractivity contribution < 1.29 is 14.4 Å². The van der Waals surface area contributed by atoms with Gasteiger partial charge >= 0.3 is 5.97 Å². The van der Waals surface area contributed by atoms with Crippen molar-refractivity contribution in [2.75, 3.05) is 19.0 Å². The molecule has 0 aliphatic carbocycles. The van der Waals surface area contributed by atoms with Crippen molar-refractivity contribution >= 4 is 11.7 Å². The van der Waals surface area contributed by atoms with E-state index in [9.17, 15) is 4.79 Å². The second-order valence-electron chi connectivity index (χ2n) is 2.89. The van der Waals surface area contributed by atoms with Crippen LogP contribution in [0.4, 0.5) is 5.69 Å². The van der Waals surface area contributed by atoms with Crippen molar-refractivity contribution in [1.82, 2.24) is 0 Å². The van der Waals surface area contributed by atoms with Crippen LogP contribution >= 0.6 is 0 Å². The number of rotatable bonds is 2. The number of hydrogen-bond donors (Lipinski definition) is 0. The summed E-state index contributed by atoms with van der Waals surface area (Å²) in [7, 11) is 3.90. The van der Waals surface area contributed by atoms with E-state index < -0.39 is 0 Å². The summed E-state index contributed by atoms with van der Waals surface area (Å²) in [6.07, 6.45) is 3.38. The van der Waals surface area contributed by atoms with E-state index in [2.05, 4.69) is 0 Å². The third-order valence-electron chi connectivity index (χ3n) is 1.53. The maximum Gasteiger partial charge on any atom is 0.377 e. The highest BCUT2D eigenvalue weighted by atomic mass is 16.7. The highest BCUT2D eigenvalue weighted by molar-refractivity contribution is 5.65. The molecule has 0 atom stereocenters. The Kier molecular flexibility index (Phi) is 2.84. The Balaban J connectivity index is 2.75. The predicted octanol–water partition coefficient (Wildman–Crippen LogP) is 0.0152. The Hall–Kier alpha value is -1.58. The minimum atomic E-state index is -0.331. The van der Waals surface area contributed by atoms with E-state index in [0.717, 1.165) is 5.69 Å². The molecule has 13 heavy (non-hydrogen) atoms. The summed E-state index contributed by atoms with van der Waals surface area (Å²) >= 11 is 0. The molecule has 0 aromatic carbocycles. The SMILES string of the molecule is CC(=O)O[n+]1ccc(N(C)C)cc1. The Morgan fingerprint density at radius 2 is 1.92 bits per heavy atom. The zero-order valence-electron chi connectivity index (χ0n) is 8.02. The molecule has 1 heterocycles. The Morgan fingerprint density at radius 1 is 1.38 bits per heavy atom. The first-order chi connectivity index (χ1) is 6.09. The molecule has 1 rings (SSSR count). The molecule has 0 aliphatic rings. The molecule has 0 unspecified atom stereocenters. The van der Waals surface area contributed by atoms with Gasteiger partial charge in [0.05, 0.1) is 0 Å². The van der Waals surface area contributed by atoms with Crippen molar-refractivity contribution in [3.05, 3.63) is 24.5 Å². The Bertz CT molecular complexity index is 293. The molecule has 1 aromatic heterocycles. The second kappa shape index (κ2) is 3.89. The molecule has 0 saturated heterocycles. The van der Waals surface area contributed by atoms with Gasteiger partial charge in [0.25, 0.3) is 0 Å². The topological polar surface area (TPSA) is 33.4 Å². The molecule has 0 amide bonds. The maximum atomic E-state index is 10.6. The maximum absolute atomic E-state index is 10.6. The first-order valence-corrected chi connectivity index (χ1v) is 3.97. The summed E-state index contributed by atoms with van der Waals surface area (Å²) in [6, 6.07) is 3.73. The van der Waals surface area contributed by atoms with Gasteiger partial charge in [-0.2, -0.15) is 4.84 Å². The summed E-state index contributed by atoms with van der Waals surface area (Å²) < 4.78 is 1.37. The molecule has 0 spiro atoms. The van der Waals surface area contributed by atoms with E-state index in [-0.39, 0.29) is 5.97 Å². The van der Waals surface area contributed by atoms with Gasteiger partial charge in [-0.15, -0.1) is 0 Å². The Morgan fingerprint density at radius 3 is 2.31 bits per heavy atom. The first-order valence-electron chi connectivity index (χ1n) is 3.97. The summed E-state index contributed by atoms with van der Waals surface area (Å²) in [6.45, 7) is 1.37. The highest BCUT2D eigenvalue weighted by Gasteiger charge is 2.05. The van der Waals surface area contributed by atoms with Crippen LogP contribution in [0, 0.1) is 0 Å². The van der Waals surface area contributed by atoms with Crippen LogP contribution in [0.3, 0.4) is 0 Å². The second-order valence-corrected chi connectivity index (χ2v) is 2.89. The number of carbonyl (C=O) groups excluding carboxylic acids is 1. The summed E-state index contributed by atoms with van der Waals surface area (Å²) in [5, 5.41) is 0. The van der Waals surface area contributed by atoms with Crippen LogP contribution in [0.25, 0.3) is 0 Å². The van der Waals surface area contributed by atoms with E-state index in [0.29, 0.717) is 0 Å². The van der Waals surface area contributed by atoms with Gasteiger partial charge in [0.2, 0.25) is 12.4 Å². The average Bonchev–Trinajstić information content (AvgIpc) is 2.04. The third-order valence-corrected chi connectivity index (χ3v) is 1.53. The van der Waals surface area contributed by atoms with Gasteiger partial charge in [-0.25, -0.2) is 4.79 Å². The van der Waals surface area contributed by atoms with Crippen LogP contribution in [0.1, 0.15) is 6.92 Å². The molecule has 4 heteroatoms. The van der Waals surface area contributed by atoms with Gasteiger partial charge in [-0.3, -0.25) is 0 Å². The first kappa shape index (κ1) is 9.51. The average molecular weight is 181 g/mol. The number of hydrogen-bond acceptors (Lipinski definition) is 3. The molecule has 0 N–H and O–H groups in total. The van der Waals surface area contributed by atoms with Crippen molar-refractivity contribution in [1.29, 1.82) is 0 Å². The molecular formula is C9H13N2O2+. The number of pyridine rings is 1. The van der Waals surface area contributed by atoms with E-state index >= 15 is 0 Å². The summed E-state index contributed by atoms with van der Waals surface area (Å²) in [4.78, 5) is 17.4. The summed E-state index contributed by atoms with van der Waals surface area (Å²) in [5.74, 6) is -0.331. The van der Waals surface area contributed by atoms with Gasteiger partial charge in [-0.05, 0) is 0 Å². The van der Waals surface area contributed by atoms with Crippen molar-refractivity contribution in [2.24, 2.45) is 0 Å². The van der Waals surface area contributed by atoms with Gasteiger partial charge in [0.1, 0.15) is 0 Å². The fraction of sp³-hybridized carbons (Fsp3) is 0.333. The van der Waals surface area contributed by atoms with Crippen molar-refractivity contribution in [2.45, 2.75) is 6.92 Å². The zero-order valence-corrected chi connectivity index (χ0v) is 8.02. The van der Waals surface area contributed by atoms with Gasteiger partial charge in [0.15, 0.2) is 0 Å². The van der Waals surface area contributed by atoms with Crippen molar-refractivity contribution in [3.8, 4) is 0 Å². The quantitative estimate of drug-likeness (QED) is 0.603. The van der Waals surface area contributed by atoms with E-state index in [1.165, 1.54) is 11.7 Å². The normalized spacial score (nSPS) is 9.46. The molecule has 0 saturated carbocycles. The molecule has 4 nitrogen and oxygen atoms in total.